The molecule has 3 heterocycles. The van der Waals surface area contributed by atoms with Gasteiger partial charge in [0, 0.05) is 17.0 Å². The van der Waals surface area contributed by atoms with Crippen LogP contribution >= 0.6 is 11.3 Å². The minimum absolute atomic E-state index is 0.181. The highest BCUT2D eigenvalue weighted by atomic mass is 32.1. The summed E-state index contributed by atoms with van der Waals surface area (Å²) < 4.78 is 7.85. The van der Waals surface area contributed by atoms with Crippen LogP contribution in [0.15, 0.2) is 35.8 Å². The lowest BCUT2D eigenvalue weighted by Crippen LogP contribution is -2.36. The number of unbranched alkanes of at least 4 members (excludes halogenated alkanes) is 1. The molecule has 1 aliphatic heterocycles. The van der Waals surface area contributed by atoms with Crippen LogP contribution in [0.4, 0.5) is 0 Å². The fraction of sp³-hybridized carbons (Fsp3) is 0.476. The lowest BCUT2D eigenvalue weighted by atomic mass is 9.97. The van der Waals surface area contributed by atoms with Crippen LogP contribution in [0.1, 0.15) is 43.0 Å². The molecule has 0 unspecified atom stereocenters. The zero-order valence-corrected chi connectivity index (χ0v) is 16.1. The van der Waals surface area contributed by atoms with Gasteiger partial charge in [-0.25, -0.2) is 4.79 Å². The van der Waals surface area contributed by atoms with E-state index >= 15 is 0 Å². The molecule has 0 aliphatic carbocycles. The van der Waals surface area contributed by atoms with Crippen molar-refractivity contribution in [1.29, 1.82) is 0 Å². The molecule has 0 radical (unpaired) electrons. The Hall–Kier alpha value is -1.85. The third kappa shape index (κ3) is 3.38. The van der Waals surface area contributed by atoms with Crippen molar-refractivity contribution in [3.8, 4) is 0 Å². The Balaban J connectivity index is 1.41. The molecule has 1 fully saturated rings. The smallest absolute Gasteiger partial charge is 0.341 e. The Morgan fingerprint density at radius 1 is 1.27 bits per heavy atom. The summed E-state index contributed by atoms with van der Waals surface area (Å²) in [5.74, 6) is 0.309. The quantitative estimate of drug-likeness (QED) is 0.583. The van der Waals surface area contributed by atoms with Gasteiger partial charge < -0.3 is 14.0 Å². The van der Waals surface area contributed by atoms with Crippen molar-refractivity contribution in [3.05, 3.63) is 41.4 Å². The van der Waals surface area contributed by atoms with Crippen LogP contribution < -0.4 is 0 Å². The van der Waals surface area contributed by atoms with Gasteiger partial charge in [0.2, 0.25) is 0 Å². The van der Waals surface area contributed by atoms with E-state index in [0.717, 1.165) is 47.2 Å². The molecular weight excluding hydrogens is 344 g/mol. The molecule has 3 aromatic rings. The van der Waals surface area contributed by atoms with Crippen molar-refractivity contribution in [2.24, 2.45) is 5.92 Å². The molecule has 4 nitrogen and oxygen atoms in total. The van der Waals surface area contributed by atoms with E-state index in [1.165, 1.54) is 19.4 Å². The monoisotopic (exact) mass is 370 g/mol. The van der Waals surface area contributed by atoms with Gasteiger partial charge in [-0.15, -0.1) is 11.3 Å². The van der Waals surface area contributed by atoms with Crippen LogP contribution in [-0.2, 0) is 4.74 Å². The highest BCUT2D eigenvalue weighted by molar-refractivity contribution is 7.16. The summed E-state index contributed by atoms with van der Waals surface area (Å²) in [6, 6.07) is 8.05. The molecule has 138 valence electrons. The van der Waals surface area contributed by atoms with Crippen molar-refractivity contribution in [2.45, 2.75) is 32.6 Å². The SMILES string of the molecule is CCCCN1CCC(COC(=O)c2c3ccccc3n3ccsc23)CC1. The standard InChI is InChI=1S/C21H26N2O2S/c1-2-3-10-22-11-8-16(9-12-22)15-25-21(24)19-17-6-4-5-7-18(17)23-13-14-26-20(19)23/h4-7,13-14,16H,2-3,8-12,15H2,1H3. The second-order valence-corrected chi connectivity index (χ2v) is 8.10. The average Bonchev–Trinajstić information content (AvgIpc) is 3.26. The molecule has 1 aromatic carbocycles. The van der Waals surface area contributed by atoms with Crippen LogP contribution in [0.25, 0.3) is 15.7 Å². The number of carbonyl (C=O) groups is 1. The van der Waals surface area contributed by atoms with Gasteiger partial charge in [0.1, 0.15) is 10.4 Å². The highest BCUT2D eigenvalue weighted by Crippen LogP contribution is 2.31. The largest absolute Gasteiger partial charge is 0.462 e. The Labute approximate surface area is 158 Å². The topological polar surface area (TPSA) is 34.0 Å². The second-order valence-electron chi connectivity index (χ2n) is 7.21. The van der Waals surface area contributed by atoms with Gasteiger partial charge >= 0.3 is 5.97 Å². The number of ether oxygens (including phenoxy) is 1. The van der Waals surface area contributed by atoms with Crippen molar-refractivity contribution in [1.82, 2.24) is 9.30 Å². The molecule has 0 spiro atoms. The molecular formula is C21H26N2O2S. The zero-order chi connectivity index (χ0) is 17.9. The van der Waals surface area contributed by atoms with E-state index in [1.54, 1.807) is 11.3 Å². The van der Waals surface area contributed by atoms with E-state index in [-0.39, 0.29) is 5.97 Å². The van der Waals surface area contributed by atoms with Crippen LogP contribution in [0.5, 0.6) is 0 Å². The maximum absolute atomic E-state index is 12.8. The number of esters is 1. The normalized spacial score (nSPS) is 16.5. The van der Waals surface area contributed by atoms with Gasteiger partial charge in [-0.1, -0.05) is 31.5 Å². The number of piperidine rings is 1. The van der Waals surface area contributed by atoms with Gasteiger partial charge in [-0.2, -0.15) is 0 Å². The van der Waals surface area contributed by atoms with Crippen molar-refractivity contribution < 1.29 is 9.53 Å². The number of hydrogen-bond donors (Lipinski definition) is 0. The maximum atomic E-state index is 12.8. The van der Waals surface area contributed by atoms with E-state index in [1.807, 2.05) is 29.8 Å². The summed E-state index contributed by atoms with van der Waals surface area (Å²) in [5, 5.41) is 3.00. The van der Waals surface area contributed by atoms with E-state index < -0.39 is 0 Å². The zero-order valence-electron chi connectivity index (χ0n) is 15.3. The maximum Gasteiger partial charge on any atom is 0.341 e. The Bertz CT molecular complexity index is 890. The molecule has 0 N–H and O–H groups in total. The molecule has 0 saturated carbocycles. The fourth-order valence-electron chi connectivity index (χ4n) is 3.88. The number of rotatable bonds is 6. The summed E-state index contributed by atoms with van der Waals surface area (Å²) >= 11 is 1.59. The van der Waals surface area contributed by atoms with E-state index in [0.29, 0.717) is 12.5 Å². The van der Waals surface area contributed by atoms with E-state index in [4.69, 9.17) is 4.74 Å². The Morgan fingerprint density at radius 3 is 2.88 bits per heavy atom. The summed E-state index contributed by atoms with van der Waals surface area (Å²) in [7, 11) is 0. The minimum atomic E-state index is -0.181. The number of para-hydroxylation sites is 1. The van der Waals surface area contributed by atoms with Crippen LogP contribution in [0, 0.1) is 5.92 Å². The number of hydrogen-bond acceptors (Lipinski definition) is 4. The van der Waals surface area contributed by atoms with Gasteiger partial charge in [0.15, 0.2) is 0 Å². The second kappa shape index (κ2) is 7.80. The van der Waals surface area contributed by atoms with Gasteiger partial charge in [0.25, 0.3) is 0 Å². The van der Waals surface area contributed by atoms with Crippen molar-refractivity contribution >= 4 is 33.0 Å². The number of likely N-dealkylation sites (tertiary alicyclic amines) is 1. The molecule has 0 bridgehead atoms. The average molecular weight is 371 g/mol. The summed E-state index contributed by atoms with van der Waals surface area (Å²) in [5.41, 5.74) is 1.79. The number of thiazole rings is 1. The third-order valence-corrected chi connectivity index (χ3v) is 6.33. The number of aromatic nitrogens is 1. The van der Waals surface area contributed by atoms with E-state index in [9.17, 15) is 4.79 Å². The minimum Gasteiger partial charge on any atom is -0.462 e. The highest BCUT2D eigenvalue weighted by Gasteiger charge is 2.23. The molecule has 2 aromatic heterocycles. The van der Waals surface area contributed by atoms with Gasteiger partial charge in [-0.05, 0) is 50.9 Å². The molecule has 1 aliphatic rings. The molecule has 1 saturated heterocycles. The molecule has 0 atom stereocenters. The summed E-state index contributed by atoms with van der Waals surface area (Å²) in [4.78, 5) is 16.4. The lowest BCUT2D eigenvalue weighted by Gasteiger charge is -2.31. The first-order chi connectivity index (χ1) is 12.8. The summed E-state index contributed by atoms with van der Waals surface area (Å²) in [6.07, 6.45) is 6.80. The lowest BCUT2D eigenvalue weighted by molar-refractivity contribution is 0.0376. The van der Waals surface area contributed by atoms with Crippen LogP contribution in [0.2, 0.25) is 0 Å². The Kier molecular flexibility index (Phi) is 5.27. The number of nitrogens with zero attached hydrogens (tertiary/aromatic N) is 2. The van der Waals surface area contributed by atoms with Crippen LogP contribution in [-0.4, -0.2) is 41.5 Å². The van der Waals surface area contributed by atoms with Gasteiger partial charge in [-0.3, -0.25) is 0 Å². The van der Waals surface area contributed by atoms with Crippen molar-refractivity contribution in [2.75, 3.05) is 26.2 Å². The van der Waals surface area contributed by atoms with Gasteiger partial charge in [0.05, 0.1) is 12.1 Å². The molecule has 4 rings (SSSR count). The molecule has 0 amide bonds. The number of fused-ring (bicyclic) bond motifs is 3. The first-order valence-electron chi connectivity index (χ1n) is 9.63. The number of benzene rings is 1. The predicted octanol–water partition coefficient (Wildman–Crippen LogP) is 4.82. The van der Waals surface area contributed by atoms with E-state index in [2.05, 4.69) is 22.3 Å². The Morgan fingerprint density at radius 2 is 2.08 bits per heavy atom. The molecule has 5 heteroatoms. The number of carbonyl (C=O) groups excluding carboxylic acids is 1. The molecule has 26 heavy (non-hydrogen) atoms. The van der Waals surface area contributed by atoms with Crippen LogP contribution in [0.3, 0.4) is 0 Å². The predicted molar refractivity (Wildman–Crippen MR) is 107 cm³/mol. The fourth-order valence-corrected chi connectivity index (χ4v) is 4.78. The van der Waals surface area contributed by atoms with Crippen molar-refractivity contribution in [3.63, 3.8) is 0 Å². The first kappa shape index (κ1) is 17.6. The first-order valence-corrected chi connectivity index (χ1v) is 10.5. The third-order valence-electron chi connectivity index (χ3n) is 5.44. The summed E-state index contributed by atoms with van der Waals surface area (Å²) in [6.45, 7) is 6.25.